The average molecular weight is 656 g/mol. The van der Waals surface area contributed by atoms with Gasteiger partial charge in [0, 0.05) is 0 Å². The van der Waals surface area contributed by atoms with Crippen LogP contribution >= 0.6 is 12.7 Å². The Bertz CT molecular complexity index is 2770. The van der Waals surface area contributed by atoms with Crippen molar-refractivity contribution in [2.45, 2.75) is 5.41 Å². The summed E-state index contributed by atoms with van der Waals surface area (Å²) in [5, 5.41) is 4.54. The fourth-order valence-corrected chi connectivity index (χ4v) is 32.5. The molecule has 0 aliphatic carbocycles. The second kappa shape index (κ2) is 7.52. The first-order valence-electron chi connectivity index (χ1n) is 18.5. The van der Waals surface area contributed by atoms with Crippen LogP contribution in [0.4, 0.5) is 0 Å². The van der Waals surface area contributed by atoms with E-state index >= 15 is 0 Å². The molecule has 7 fully saturated rings. The predicted octanol–water partition coefficient (Wildman–Crippen LogP) is 3.66. The summed E-state index contributed by atoms with van der Waals surface area (Å²) in [4.78, 5) is 4.83. The zero-order valence-corrected chi connectivity index (χ0v) is 29.1. The van der Waals surface area contributed by atoms with Crippen molar-refractivity contribution < 1.29 is 0 Å². The fraction of sp³-hybridized carbons (Fsp3) is 0.0270. The van der Waals surface area contributed by atoms with Crippen molar-refractivity contribution in [3.05, 3.63) is 162 Å². The summed E-state index contributed by atoms with van der Waals surface area (Å²) in [6.45, 7) is 5.74. The number of nitrogens with one attached hydrogen (secondary N) is 1. The molecule has 1 spiro atoms. The Morgan fingerprint density at radius 1 is 0.640 bits per heavy atom. The Morgan fingerprint density at radius 3 is 2.00 bits per heavy atom. The van der Waals surface area contributed by atoms with E-state index in [-0.39, 0.29) is 6.71 Å². The van der Waals surface area contributed by atoms with Gasteiger partial charge in [0.15, 0.2) is 0 Å². The second-order valence-electron chi connectivity index (χ2n) is 16.8. The monoisotopic (exact) mass is 657 g/mol. The van der Waals surface area contributed by atoms with Crippen molar-refractivity contribution in [1.29, 1.82) is 0 Å². The Balaban J connectivity index is 1.13. The van der Waals surface area contributed by atoms with Crippen LogP contribution in [0, 0.1) is 0 Å². The molecule has 0 amide bonds. The molecule has 9 aliphatic heterocycles. The third kappa shape index (κ3) is 2.30. The number of nitrogens with zero attached hydrogens (tertiary/aromatic N) is 1. The molecule has 7 saturated heterocycles. The number of hydrogen-bond acceptors (Lipinski definition) is 1. The first-order valence-corrected chi connectivity index (χ1v) is 23.4. The number of fused-ring (bicyclic) bond motifs is 8. The van der Waals surface area contributed by atoms with E-state index in [2.05, 4.69) is 165 Å². The Morgan fingerprint density at radius 2 is 1.32 bits per heavy atom. The molecule has 1 aromatic heterocycles. The number of aromatic nitrogens is 1. The van der Waals surface area contributed by atoms with Crippen LogP contribution < -0.4 is 26.6 Å². The number of benzene rings is 6. The van der Waals surface area contributed by atoms with Gasteiger partial charge in [-0.25, -0.2) is 0 Å². The number of para-hydroxylation sites is 1. The Kier molecular flexibility index (Phi) is 3.96. The van der Waals surface area contributed by atoms with Crippen LogP contribution in [-0.4, -0.2) is 63.2 Å². The minimum atomic E-state index is -2.25. The molecule has 10 heterocycles. The second-order valence-corrected chi connectivity index (χ2v) is 27.1. The Hall–Kier alpha value is -3.48. The van der Waals surface area contributed by atoms with E-state index in [1.165, 1.54) is 60.7 Å². The molecular formula is C37H24B9N2P2-2. The van der Waals surface area contributed by atoms with E-state index in [1.807, 2.05) is 0 Å². The van der Waals surface area contributed by atoms with Crippen molar-refractivity contribution in [1.82, 2.24) is 9.42 Å². The van der Waals surface area contributed by atoms with Crippen LogP contribution in [0.2, 0.25) is 0 Å². The van der Waals surface area contributed by atoms with E-state index in [0.29, 0.717) is 0 Å². The van der Waals surface area contributed by atoms with E-state index in [0.717, 1.165) is 31.1 Å². The first-order chi connectivity index (χ1) is 24.7. The molecule has 0 saturated carbocycles. The van der Waals surface area contributed by atoms with Gasteiger partial charge in [-0.15, -0.1) is 0 Å². The van der Waals surface area contributed by atoms with E-state index in [4.69, 9.17) is 4.86 Å². The third-order valence-electron chi connectivity index (χ3n) is 15.5. The van der Waals surface area contributed by atoms with Crippen molar-refractivity contribution in [3.8, 4) is 5.69 Å². The van der Waals surface area contributed by atoms with Gasteiger partial charge < -0.3 is 0 Å². The molecule has 5 radical (unpaired) electrons. The third-order valence-corrected chi connectivity index (χ3v) is 29.9. The van der Waals surface area contributed by atoms with Crippen LogP contribution in [0.15, 0.2) is 140 Å². The zero-order chi connectivity index (χ0) is 32.0. The van der Waals surface area contributed by atoms with Gasteiger partial charge in [0.25, 0.3) is 0 Å². The standard InChI is InChI=1S/C37H24B9N2P2/c1-3-12-24(13-4-1)37(25-14-5-2-6-15-25)28-17-8-9-19-30(28)41-34-29(37)18-11-21-32(34)48-31-20-10-7-16-26(31)27-22-23-33(35(41)36(27)48)49(42-38-43(49)46(42)49)47-50-39-44(50)45(50)40-50/h1-23,47H/q-2. The van der Waals surface area contributed by atoms with E-state index in [1.54, 1.807) is 10.8 Å². The maximum atomic E-state index is 4.83. The van der Waals surface area contributed by atoms with E-state index < -0.39 is 18.1 Å². The fourth-order valence-electron chi connectivity index (χ4n) is 13.0. The summed E-state index contributed by atoms with van der Waals surface area (Å²) < 4.78 is 2.70. The molecule has 2 nitrogen and oxygen atoms in total. The normalized spacial score (nSPS) is 24.5. The molecule has 1 N–H and O–H groups in total. The number of rotatable bonds is 5. The molecule has 50 heavy (non-hydrogen) atoms. The number of hydrogen-bond donors (Lipinski definition) is 1. The summed E-state index contributed by atoms with van der Waals surface area (Å²) in [5.74, 6) is 0. The van der Waals surface area contributed by atoms with Crippen molar-refractivity contribution >= 4 is 115 Å². The predicted molar refractivity (Wildman–Crippen MR) is 226 cm³/mol. The van der Waals surface area contributed by atoms with Crippen LogP contribution in [0.3, 0.4) is 0 Å². The summed E-state index contributed by atoms with van der Waals surface area (Å²) in [6, 6.07) is 53.9. The SMILES string of the molecule is [B]1B2B3[B-]P123NP12(c3ccc4c5ccccc5n5c4c3B3c4ccccc4C(c4ccccc4)(c4ccccc4)c4cccc-5c43)B3[B-]B1B32. The molecule has 0 atom stereocenters. The molecule has 16 rings (SSSR count). The van der Waals surface area contributed by atoms with Crippen molar-refractivity contribution in [2.75, 3.05) is 0 Å². The van der Waals surface area contributed by atoms with Gasteiger partial charge in [-0.1, -0.05) is 0 Å². The molecular weight excluding hydrogens is 632 g/mol. The molecule has 6 aromatic carbocycles. The zero-order valence-electron chi connectivity index (χ0n) is 27.3. The van der Waals surface area contributed by atoms with Crippen LogP contribution in [0.1, 0.15) is 22.3 Å². The molecule has 7 aromatic rings. The van der Waals surface area contributed by atoms with Crippen LogP contribution in [0.5, 0.6) is 0 Å². The summed E-state index contributed by atoms with van der Waals surface area (Å²) >= 11 is 0. The van der Waals surface area contributed by atoms with Crippen LogP contribution in [0.25, 0.3) is 27.5 Å². The maximum absolute atomic E-state index is 4.83. The van der Waals surface area contributed by atoms with Gasteiger partial charge in [0.05, 0.1) is 0 Å². The van der Waals surface area contributed by atoms with Crippen LogP contribution in [-0.2, 0) is 5.41 Å². The molecule has 0 unspecified atom stereocenters. The topological polar surface area (TPSA) is 17.0 Å². The van der Waals surface area contributed by atoms with Crippen molar-refractivity contribution in [3.63, 3.8) is 0 Å². The first kappa shape index (κ1) is 26.3. The van der Waals surface area contributed by atoms with Crippen molar-refractivity contribution in [2.24, 2.45) is 0 Å². The molecule has 13 heteroatoms. The Labute approximate surface area is 295 Å². The summed E-state index contributed by atoms with van der Waals surface area (Å²) in [6.07, 6.45) is 0.389. The molecule has 9 aliphatic rings. The quantitative estimate of drug-likeness (QED) is 0.221. The van der Waals surface area contributed by atoms with Gasteiger partial charge in [0.2, 0.25) is 0 Å². The average Bonchev–Trinajstić information content (AvgIpc) is 4.12. The molecule has 221 valence electrons. The van der Waals surface area contributed by atoms with E-state index in [9.17, 15) is 0 Å². The minimum absolute atomic E-state index is 0.181. The van der Waals surface area contributed by atoms with Gasteiger partial charge in [-0.2, -0.15) is 0 Å². The van der Waals surface area contributed by atoms with Gasteiger partial charge in [-0.05, 0) is 0 Å². The summed E-state index contributed by atoms with van der Waals surface area (Å²) in [7, 11) is 2.74. The van der Waals surface area contributed by atoms with Gasteiger partial charge in [-0.3, -0.25) is 0 Å². The van der Waals surface area contributed by atoms with Gasteiger partial charge >= 0.3 is 297 Å². The summed E-state index contributed by atoms with van der Waals surface area (Å²) in [5.41, 5.74) is 13.9. The van der Waals surface area contributed by atoms with Gasteiger partial charge in [0.1, 0.15) is 0 Å². The molecule has 2 bridgehead atoms.